The largest absolute Gasteiger partial charge is 0.496 e. The summed E-state index contributed by atoms with van der Waals surface area (Å²) in [6.45, 7) is 1.82. The van der Waals surface area contributed by atoms with E-state index in [2.05, 4.69) is 29.6 Å². The molecule has 47 heavy (non-hydrogen) atoms. The number of carbonyl (C=O) groups is 3. The molecule has 244 valence electrons. The van der Waals surface area contributed by atoms with Crippen molar-refractivity contribution in [1.29, 1.82) is 0 Å². The molecular weight excluding hydrogens is 588 g/mol. The van der Waals surface area contributed by atoms with E-state index in [9.17, 15) is 14.4 Å². The van der Waals surface area contributed by atoms with Crippen LogP contribution in [0.3, 0.4) is 0 Å². The number of amides is 2. The number of rotatable bonds is 14. The highest BCUT2D eigenvalue weighted by Crippen LogP contribution is 2.34. The number of ketones is 1. The minimum atomic E-state index is -0.818. The highest BCUT2D eigenvalue weighted by molar-refractivity contribution is 6.47. The molecule has 0 fully saturated rings. The molecule has 1 aliphatic heterocycles. The van der Waals surface area contributed by atoms with Crippen LogP contribution in [-0.2, 0) is 28.9 Å². The number of hydrogen-bond donors (Lipinski definition) is 1. The van der Waals surface area contributed by atoms with Crippen molar-refractivity contribution in [3.8, 4) is 11.5 Å². The van der Waals surface area contributed by atoms with Gasteiger partial charge in [0.1, 0.15) is 17.5 Å². The molecule has 5 rings (SSSR count). The second kappa shape index (κ2) is 16.1. The first kappa shape index (κ1) is 33.5. The van der Waals surface area contributed by atoms with Gasteiger partial charge in [-0.2, -0.15) is 0 Å². The second-order valence-electron chi connectivity index (χ2n) is 12.2. The lowest BCUT2D eigenvalue weighted by Crippen LogP contribution is -2.55. The van der Waals surface area contributed by atoms with Gasteiger partial charge in [0.25, 0.3) is 11.7 Å². The molecule has 7 heteroatoms. The quantitative estimate of drug-likeness (QED) is 0.119. The predicted octanol–water partition coefficient (Wildman–Crippen LogP) is 7.07. The summed E-state index contributed by atoms with van der Waals surface area (Å²) in [4.78, 5) is 43.5. The number of para-hydroxylation sites is 1. The van der Waals surface area contributed by atoms with Crippen LogP contribution < -0.4 is 19.7 Å². The van der Waals surface area contributed by atoms with Crippen LogP contribution in [0.4, 0.5) is 5.69 Å². The lowest BCUT2D eigenvalue weighted by Gasteiger charge is -2.36. The molecule has 1 aliphatic rings. The molecule has 4 aromatic carbocycles. The second-order valence-corrected chi connectivity index (χ2v) is 12.2. The number of anilines is 1. The van der Waals surface area contributed by atoms with E-state index in [0.29, 0.717) is 30.0 Å². The Morgan fingerprint density at radius 1 is 0.787 bits per heavy atom. The van der Waals surface area contributed by atoms with Gasteiger partial charge >= 0.3 is 0 Å². The Kier molecular flexibility index (Phi) is 11.4. The van der Waals surface area contributed by atoms with Gasteiger partial charge in [0, 0.05) is 22.9 Å². The molecule has 7 nitrogen and oxygen atoms in total. The molecule has 1 unspecified atom stereocenters. The van der Waals surface area contributed by atoms with Crippen molar-refractivity contribution in [2.24, 2.45) is 0 Å². The lowest BCUT2D eigenvalue weighted by molar-refractivity contribution is -0.126. The Labute approximate surface area is 277 Å². The van der Waals surface area contributed by atoms with Gasteiger partial charge in [-0.1, -0.05) is 78.9 Å². The van der Waals surface area contributed by atoms with Gasteiger partial charge in [0.15, 0.2) is 0 Å². The van der Waals surface area contributed by atoms with E-state index in [0.717, 1.165) is 49.7 Å². The Hall–Kier alpha value is -4.91. The maximum absolute atomic E-state index is 14.1. The van der Waals surface area contributed by atoms with Crippen LogP contribution in [0.5, 0.6) is 11.5 Å². The van der Waals surface area contributed by atoms with E-state index in [4.69, 9.17) is 9.47 Å². The fraction of sp³-hybridized carbons (Fsp3) is 0.325. The van der Waals surface area contributed by atoms with E-state index in [1.165, 1.54) is 30.2 Å². The van der Waals surface area contributed by atoms with Crippen LogP contribution in [0.2, 0.25) is 0 Å². The summed E-state index contributed by atoms with van der Waals surface area (Å²) in [6.07, 6.45) is 6.37. The molecule has 0 saturated carbocycles. The van der Waals surface area contributed by atoms with E-state index >= 15 is 0 Å². The molecule has 2 amide bonds. The van der Waals surface area contributed by atoms with Gasteiger partial charge in [-0.15, -0.1) is 0 Å². The topological polar surface area (TPSA) is 84.9 Å². The standard InChI is InChI=1S/C40H44N2O5/c1-28-36(46-2)26-32(27-37(28)47-3)38(43)40(45)42-34-23-11-10-20-31(34)24-25-35(42)39(44)41-33(21-12-18-29-14-6-4-7-15-29)22-13-19-30-16-8-5-9-17-30/h4-11,14-17,20,23,26-27,33,35H,12-13,18-19,21-22,24-25H2,1-3H3,(H,41,44). The summed E-state index contributed by atoms with van der Waals surface area (Å²) in [5.41, 5.74) is 4.93. The van der Waals surface area contributed by atoms with Crippen molar-refractivity contribution >= 4 is 23.3 Å². The van der Waals surface area contributed by atoms with Crippen LogP contribution in [0.25, 0.3) is 0 Å². The number of aryl methyl sites for hydroxylation is 3. The van der Waals surface area contributed by atoms with Crippen LogP contribution in [0, 0.1) is 6.92 Å². The zero-order valence-corrected chi connectivity index (χ0v) is 27.5. The Morgan fingerprint density at radius 2 is 1.32 bits per heavy atom. The molecule has 0 aliphatic carbocycles. The van der Waals surface area contributed by atoms with E-state index in [-0.39, 0.29) is 17.5 Å². The summed E-state index contributed by atoms with van der Waals surface area (Å²) in [5.74, 6) is -0.817. The van der Waals surface area contributed by atoms with Crippen LogP contribution in [0.15, 0.2) is 97.1 Å². The van der Waals surface area contributed by atoms with E-state index < -0.39 is 17.7 Å². The summed E-state index contributed by atoms with van der Waals surface area (Å²) < 4.78 is 10.9. The molecule has 4 aromatic rings. The van der Waals surface area contributed by atoms with Gasteiger partial charge in [0.05, 0.1) is 14.2 Å². The molecule has 1 N–H and O–H groups in total. The number of nitrogens with one attached hydrogen (secondary N) is 1. The Bertz CT molecular complexity index is 1600. The summed E-state index contributed by atoms with van der Waals surface area (Å²) in [6, 6.07) is 30.5. The monoisotopic (exact) mass is 632 g/mol. The highest BCUT2D eigenvalue weighted by atomic mass is 16.5. The van der Waals surface area contributed by atoms with E-state index in [1.807, 2.05) is 67.6 Å². The summed E-state index contributed by atoms with van der Waals surface area (Å²) >= 11 is 0. The smallest absolute Gasteiger partial charge is 0.300 e. The maximum Gasteiger partial charge on any atom is 0.300 e. The van der Waals surface area contributed by atoms with Crippen LogP contribution >= 0.6 is 0 Å². The van der Waals surface area contributed by atoms with Gasteiger partial charge in [0.2, 0.25) is 5.91 Å². The van der Waals surface area contributed by atoms with Crippen molar-refractivity contribution in [3.63, 3.8) is 0 Å². The number of Topliss-reactive ketones (excluding diaryl/α,β-unsaturated/α-hetero) is 1. The third-order valence-electron chi connectivity index (χ3n) is 9.05. The van der Waals surface area contributed by atoms with E-state index in [1.54, 1.807) is 12.1 Å². The first-order chi connectivity index (χ1) is 22.9. The summed E-state index contributed by atoms with van der Waals surface area (Å²) in [5, 5.41) is 3.31. The minimum Gasteiger partial charge on any atom is -0.496 e. The molecule has 1 atom stereocenters. The Morgan fingerprint density at radius 3 is 1.87 bits per heavy atom. The number of nitrogens with zero attached hydrogens (tertiary/aromatic N) is 1. The molecular formula is C40H44N2O5. The van der Waals surface area contributed by atoms with Gasteiger partial charge in [-0.3, -0.25) is 19.3 Å². The molecule has 1 heterocycles. The zero-order chi connectivity index (χ0) is 33.2. The van der Waals surface area contributed by atoms with Crippen LogP contribution in [0.1, 0.15) is 64.7 Å². The highest BCUT2D eigenvalue weighted by Gasteiger charge is 2.39. The third kappa shape index (κ3) is 8.28. The predicted molar refractivity (Wildman–Crippen MR) is 185 cm³/mol. The molecule has 0 aromatic heterocycles. The number of methoxy groups -OCH3 is 2. The van der Waals surface area contributed by atoms with Crippen LogP contribution in [-0.4, -0.2) is 43.9 Å². The average Bonchev–Trinajstić information content (AvgIpc) is 3.11. The maximum atomic E-state index is 14.1. The minimum absolute atomic E-state index is 0.0645. The van der Waals surface area contributed by atoms with Crippen molar-refractivity contribution in [2.75, 3.05) is 19.1 Å². The fourth-order valence-corrected chi connectivity index (χ4v) is 6.48. The molecule has 0 radical (unpaired) electrons. The van der Waals surface area contributed by atoms with Gasteiger partial charge < -0.3 is 14.8 Å². The first-order valence-electron chi connectivity index (χ1n) is 16.5. The van der Waals surface area contributed by atoms with Gasteiger partial charge in [-0.25, -0.2) is 0 Å². The van der Waals surface area contributed by atoms with Crippen molar-refractivity contribution in [3.05, 3.63) is 125 Å². The SMILES string of the molecule is COc1cc(C(=O)C(=O)N2c3ccccc3CCC2C(=O)NC(CCCc2ccccc2)CCCc2ccccc2)cc(OC)c1C. The first-order valence-corrected chi connectivity index (χ1v) is 16.5. The van der Waals surface area contributed by atoms with Crippen molar-refractivity contribution in [1.82, 2.24) is 5.32 Å². The van der Waals surface area contributed by atoms with Gasteiger partial charge in [-0.05, 0) is 93.2 Å². The average molecular weight is 633 g/mol. The molecule has 0 bridgehead atoms. The fourth-order valence-electron chi connectivity index (χ4n) is 6.48. The number of benzene rings is 4. The third-order valence-corrected chi connectivity index (χ3v) is 9.05. The van der Waals surface area contributed by atoms with Crippen molar-refractivity contribution < 1.29 is 23.9 Å². The number of ether oxygens (including phenoxy) is 2. The summed E-state index contributed by atoms with van der Waals surface area (Å²) in [7, 11) is 3.02. The zero-order valence-electron chi connectivity index (χ0n) is 27.5. The normalized spacial score (nSPS) is 14.0. The number of fused-ring (bicyclic) bond motifs is 1. The molecule has 0 spiro atoms. The lowest BCUT2D eigenvalue weighted by atomic mass is 9.93. The van der Waals surface area contributed by atoms with Crippen molar-refractivity contribution in [2.45, 2.75) is 70.4 Å². The Balaban J connectivity index is 1.37. The number of hydrogen-bond acceptors (Lipinski definition) is 5. The molecule has 0 saturated heterocycles. The number of carbonyl (C=O) groups excluding carboxylic acids is 3.